The van der Waals surface area contributed by atoms with E-state index in [2.05, 4.69) is 68.7 Å². The first-order chi connectivity index (χ1) is 9.99. The molecule has 0 spiro atoms. The number of guanidine groups is 1. The molecule has 1 aliphatic rings. The molecule has 1 saturated heterocycles. The highest BCUT2D eigenvalue weighted by Crippen LogP contribution is 2.46. The Morgan fingerprint density at radius 2 is 1.96 bits per heavy atom. The van der Waals surface area contributed by atoms with E-state index in [4.69, 9.17) is 4.42 Å². The second kappa shape index (κ2) is 6.61. The van der Waals surface area contributed by atoms with E-state index >= 15 is 0 Å². The van der Waals surface area contributed by atoms with Crippen LogP contribution in [0.25, 0.3) is 0 Å². The molecule has 0 atom stereocenters. The maximum absolute atomic E-state index is 5.82. The summed E-state index contributed by atoms with van der Waals surface area (Å²) in [6, 6.07) is 0. The van der Waals surface area contributed by atoms with Crippen molar-refractivity contribution in [1.29, 1.82) is 0 Å². The van der Waals surface area contributed by atoms with E-state index in [1.54, 1.807) is 0 Å². The van der Waals surface area contributed by atoms with E-state index in [9.17, 15) is 0 Å². The summed E-state index contributed by atoms with van der Waals surface area (Å²) in [5.74, 6) is 2.51. The molecule has 132 valence electrons. The zero-order chi connectivity index (χ0) is 16.8. The quantitative estimate of drug-likeness (QED) is 0.437. The summed E-state index contributed by atoms with van der Waals surface area (Å²) in [6.45, 7) is 17.0. The summed E-state index contributed by atoms with van der Waals surface area (Å²) in [5, 5.41) is 3.37. The lowest BCUT2D eigenvalue weighted by Gasteiger charge is -2.62. The van der Waals surface area contributed by atoms with Crippen LogP contribution in [0.2, 0.25) is 0 Å². The number of likely N-dealkylation sites (tertiary alicyclic amines) is 1. The van der Waals surface area contributed by atoms with Crippen LogP contribution in [0.3, 0.4) is 0 Å². The number of aromatic nitrogens is 1. The van der Waals surface area contributed by atoms with Crippen molar-refractivity contribution >= 4 is 29.9 Å². The van der Waals surface area contributed by atoms with Crippen molar-refractivity contribution in [3.63, 3.8) is 0 Å². The zero-order valence-electron chi connectivity index (χ0n) is 15.6. The van der Waals surface area contributed by atoms with Gasteiger partial charge in [-0.25, -0.2) is 4.98 Å². The van der Waals surface area contributed by atoms with Crippen LogP contribution in [-0.4, -0.2) is 35.0 Å². The molecular weight excluding hydrogens is 403 g/mol. The molecule has 0 unspecified atom stereocenters. The first-order valence-electron chi connectivity index (χ1n) is 7.92. The third-order valence-corrected chi connectivity index (χ3v) is 5.04. The molecule has 2 heterocycles. The Bertz CT molecular complexity index is 569. The SMILES string of the molecule is CN=C(NCc1ncc(C(C)(C)C)o1)N1CC(C)(C)C1(C)C.I. The van der Waals surface area contributed by atoms with Gasteiger partial charge in [0.25, 0.3) is 0 Å². The first-order valence-corrected chi connectivity index (χ1v) is 7.92. The molecule has 0 radical (unpaired) electrons. The standard InChI is InChI=1S/C17H30N4O.HI/c1-15(2,3)12-9-19-13(22-12)10-20-14(18-8)21-11-16(4,5)17(21,6)7;/h9H,10-11H2,1-8H3,(H,18,20);1H. The Balaban J connectivity index is 0.00000264. The summed E-state index contributed by atoms with van der Waals surface area (Å²) in [7, 11) is 1.82. The van der Waals surface area contributed by atoms with Crippen LogP contribution in [0, 0.1) is 5.41 Å². The molecular formula is C17H31IN4O. The van der Waals surface area contributed by atoms with E-state index in [1.807, 2.05) is 13.2 Å². The molecule has 0 saturated carbocycles. The second-order valence-corrected chi connectivity index (χ2v) is 8.30. The van der Waals surface area contributed by atoms with Crippen LogP contribution in [-0.2, 0) is 12.0 Å². The van der Waals surface area contributed by atoms with Gasteiger partial charge in [-0.2, -0.15) is 0 Å². The van der Waals surface area contributed by atoms with Crippen LogP contribution < -0.4 is 5.32 Å². The van der Waals surface area contributed by atoms with Crippen molar-refractivity contribution in [1.82, 2.24) is 15.2 Å². The van der Waals surface area contributed by atoms with Gasteiger partial charge in [0, 0.05) is 30.0 Å². The van der Waals surface area contributed by atoms with Gasteiger partial charge in [0.05, 0.1) is 12.7 Å². The molecule has 0 aromatic carbocycles. The Kier molecular flexibility index (Phi) is 5.82. The summed E-state index contributed by atoms with van der Waals surface area (Å²) < 4.78 is 5.82. The third-order valence-electron chi connectivity index (χ3n) is 5.04. The van der Waals surface area contributed by atoms with Gasteiger partial charge in [0.15, 0.2) is 5.96 Å². The molecule has 0 bridgehead atoms. The van der Waals surface area contributed by atoms with Gasteiger partial charge >= 0.3 is 0 Å². The average Bonchev–Trinajstić information content (AvgIpc) is 2.87. The van der Waals surface area contributed by atoms with Crippen molar-refractivity contribution in [3.8, 4) is 0 Å². The lowest BCUT2D eigenvalue weighted by molar-refractivity contribution is -0.0668. The van der Waals surface area contributed by atoms with Crippen LogP contribution >= 0.6 is 24.0 Å². The molecule has 1 aromatic heterocycles. The van der Waals surface area contributed by atoms with Gasteiger partial charge in [0.2, 0.25) is 5.89 Å². The molecule has 1 aliphatic heterocycles. The molecule has 1 fully saturated rings. The van der Waals surface area contributed by atoms with Gasteiger partial charge in [0.1, 0.15) is 5.76 Å². The summed E-state index contributed by atoms with van der Waals surface area (Å²) in [5.41, 5.74) is 0.353. The molecule has 0 amide bonds. The van der Waals surface area contributed by atoms with Crippen LogP contribution in [0.4, 0.5) is 0 Å². The maximum Gasteiger partial charge on any atom is 0.213 e. The third kappa shape index (κ3) is 3.83. The van der Waals surface area contributed by atoms with Crippen LogP contribution in [0.5, 0.6) is 0 Å². The number of nitrogens with zero attached hydrogens (tertiary/aromatic N) is 3. The monoisotopic (exact) mass is 434 g/mol. The largest absolute Gasteiger partial charge is 0.443 e. The number of halogens is 1. The smallest absolute Gasteiger partial charge is 0.213 e. The van der Waals surface area contributed by atoms with E-state index in [-0.39, 0.29) is 40.3 Å². The first kappa shape index (κ1) is 20.3. The minimum absolute atomic E-state index is 0. The average molecular weight is 434 g/mol. The second-order valence-electron chi connectivity index (χ2n) is 8.30. The van der Waals surface area contributed by atoms with Crippen LogP contribution in [0.1, 0.15) is 60.1 Å². The fraction of sp³-hybridized carbons (Fsp3) is 0.765. The molecule has 2 rings (SSSR count). The predicted molar refractivity (Wildman–Crippen MR) is 105 cm³/mol. The number of hydrogen-bond donors (Lipinski definition) is 1. The number of aliphatic imine (C=N–C) groups is 1. The molecule has 1 N–H and O–H groups in total. The summed E-state index contributed by atoms with van der Waals surface area (Å²) in [4.78, 5) is 11.1. The summed E-state index contributed by atoms with van der Waals surface area (Å²) >= 11 is 0. The highest BCUT2D eigenvalue weighted by atomic mass is 127. The maximum atomic E-state index is 5.82. The predicted octanol–water partition coefficient (Wildman–Crippen LogP) is 3.79. The fourth-order valence-electron chi connectivity index (χ4n) is 2.59. The Hall–Kier alpha value is -0.790. The fourth-order valence-corrected chi connectivity index (χ4v) is 2.59. The highest BCUT2D eigenvalue weighted by Gasteiger charge is 2.53. The van der Waals surface area contributed by atoms with Gasteiger partial charge in [-0.05, 0) is 13.8 Å². The number of rotatable bonds is 2. The van der Waals surface area contributed by atoms with E-state index < -0.39 is 0 Å². The van der Waals surface area contributed by atoms with Gasteiger partial charge in [-0.1, -0.05) is 34.6 Å². The molecule has 6 heteroatoms. The Morgan fingerprint density at radius 3 is 2.35 bits per heavy atom. The van der Waals surface area contributed by atoms with Crippen molar-refractivity contribution in [2.24, 2.45) is 10.4 Å². The molecule has 1 aromatic rings. The van der Waals surface area contributed by atoms with E-state index in [0.29, 0.717) is 12.4 Å². The molecule has 23 heavy (non-hydrogen) atoms. The van der Waals surface area contributed by atoms with Crippen molar-refractivity contribution in [3.05, 3.63) is 17.8 Å². The van der Waals surface area contributed by atoms with E-state index in [0.717, 1.165) is 18.3 Å². The topological polar surface area (TPSA) is 53.7 Å². The van der Waals surface area contributed by atoms with Crippen molar-refractivity contribution in [2.45, 2.75) is 66.0 Å². The normalized spacial score (nSPS) is 19.8. The van der Waals surface area contributed by atoms with Gasteiger partial charge in [-0.3, -0.25) is 4.99 Å². The lowest BCUT2D eigenvalue weighted by Crippen LogP contribution is -2.72. The number of hydrogen-bond acceptors (Lipinski definition) is 3. The highest BCUT2D eigenvalue weighted by molar-refractivity contribution is 14.0. The number of nitrogens with one attached hydrogen (secondary N) is 1. The minimum Gasteiger partial charge on any atom is -0.443 e. The van der Waals surface area contributed by atoms with Crippen molar-refractivity contribution in [2.75, 3.05) is 13.6 Å². The molecule has 0 aliphatic carbocycles. The number of oxazole rings is 1. The zero-order valence-corrected chi connectivity index (χ0v) is 18.0. The molecule has 5 nitrogen and oxygen atoms in total. The van der Waals surface area contributed by atoms with Crippen LogP contribution in [0.15, 0.2) is 15.6 Å². The minimum atomic E-state index is -0.0174. The Labute approximate surface area is 157 Å². The Morgan fingerprint density at radius 1 is 1.35 bits per heavy atom. The van der Waals surface area contributed by atoms with Crippen molar-refractivity contribution < 1.29 is 4.42 Å². The summed E-state index contributed by atoms with van der Waals surface area (Å²) in [6.07, 6.45) is 1.82. The van der Waals surface area contributed by atoms with Gasteiger partial charge < -0.3 is 14.6 Å². The van der Waals surface area contributed by atoms with Gasteiger partial charge in [-0.15, -0.1) is 24.0 Å². The lowest BCUT2D eigenvalue weighted by atomic mass is 9.65. The van der Waals surface area contributed by atoms with E-state index in [1.165, 1.54) is 0 Å².